The zero-order valence-corrected chi connectivity index (χ0v) is 18.4. The summed E-state index contributed by atoms with van der Waals surface area (Å²) >= 11 is 8.93. The second-order valence-electron chi connectivity index (χ2n) is 6.82. The summed E-state index contributed by atoms with van der Waals surface area (Å²) in [6.07, 6.45) is 2.59. The predicted molar refractivity (Wildman–Crippen MR) is 117 cm³/mol. The van der Waals surface area contributed by atoms with Crippen LogP contribution in [0.15, 0.2) is 41.7 Å². The van der Waals surface area contributed by atoms with Crippen LogP contribution in [-0.4, -0.2) is 51.4 Å². The lowest BCUT2D eigenvalue weighted by Gasteiger charge is -2.37. The number of thiophene rings is 1. The van der Waals surface area contributed by atoms with Gasteiger partial charge in [0.25, 0.3) is 5.91 Å². The van der Waals surface area contributed by atoms with E-state index in [1.54, 1.807) is 15.8 Å². The molecule has 4 rings (SSSR count). The minimum atomic E-state index is -0.362. The number of halogens is 1. The molecule has 0 spiro atoms. The molecule has 30 heavy (non-hydrogen) atoms. The Hall–Kier alpha value is -2.49. The number of nitrogens with zero attached hydrogens (tertiary/aromatic N) is 4. The van der Waals surface area contributed by atoms with Gasteiger partial charge in [0.05, 0.1) is 15.5 Å². The maximum atomic E-state index is 12.9. The van der Waals surface area contributed by atoms with Gasteiger partial charge in [0.1, 0.15) is 12.3 Å². The molecule has 0 radical (unpaired) electrons. The third-order valence-electron chi connectivity index (χ3n) is 4.78. The number of hydrogen-bond donors (Lipinski definition) is 0. The van der Waals surface area contributed by atoms with E-state index in [4.69, 9.17) is 16.3 Å². The van der Waals surface area contributed by atoms with Crippen LogP contribution < -0.4 is 0 Å². The number of amides is 1. The molecule has 10 heteroatoms. The van der Waals surface area contributed by atoms with Crippen molar-refractivity contribution in [1.29, 1.82) is 0 Å². The number of ether oxygens (including phenoxy) is 1. The molecule has 3 aromatic rings. The van der Waals surface area contributed by atoms with Crippen molar-refractivity contribution >= 4 is 46.3 Å². The Bertz CT molecular complexity index is 1050. The minimum Gasteiger partial charge on any atom is -0.445 e. The Labute approximate surface area is 186 Å². The summed E-state index contributed by atoms with van der Waals surface area (Å²) in [7, 11) is 0. The van der Waals surface area contributed by atoms with Crippen LogP contribution in [0.5, 0.6) is 0 Å². The van der Waals surface area contributed by atoms with E-state index in [-0.39, 0.29) is 24.5 Å². The van der Waals surface area contributed by atoms with E-state index in [2.05, 4.69) is 16.7 Å². The summed E-state index contributed by atoms with van der Waals surface area (Å²) in [4.78, 5) is 31.7. The molecular formula is C20H19ClN4O3S2. The first kappa shape index (κ1) is 20.8. The molecule has 0 saturated carbocycles. The van der Waals surface area contributed by atoms with Crippen molar-refractivity contribution in [1.82, 2.24) is 19.7 Å². The zero-order chi connectivity index (χ0) is 21.1. The number of carbonyl (C=O) groups excluding carboxylic acids is 2. The monoisotopic (exact) mass is 462 g/mol. The summed E-state index contributed by atoms with van der Waals surface area (Å²) in [5.74, 6) is -0.177. The Balaban J connectivity index is 1.50. The van der Waals surface area contributed by atoms with Crippen LogP contribution in [0.2, 0.25) is 4.34 Å². The van der Waals surface area contributed by atoms with Crippen molar-refractivity contribution in [2.75, 3.05) is 19.7 Å². The number of thiazole rings is 1. The average molecular weight is 463 g/mol. The van der Waals surface area contributed by atoms with Crippen molar-refractivity contribution in [3.05, 3.63) is 68.0 Å². The number of rotatable bonds is 7. The molecule has 1 amide bonds. The summed E-state index contributed by atoms with van der Waals surface area (Å²) in [5, 5.41) is 6.29. The second-order valence-corrected chi connectivity index (χ2v) is 9.34. The fourth-order valence-corrected chi connectivity index (χ4v) is 4.81. The summed E-state index contributed by atoms with van der Waals surface area (Å²) in [6.45, 7) is 4.75. The highest BCUT2D eigenvalue weighted by Gasteiger charge is 2.35. The third kappa shape index (κ3) is 4.48. The molecule has 4 heterocycles. The van der Waals surface area contributed by atoms with E-state index in [1.807, 2.05) is 18.2 Å². The summed E-state index contributed by atoms with van der Waals surface area (Å²) in [6, 6.07) is 5.82. The Morgan fingerprint density at radius 3 is 2.83 bits per heavy atom. The lowest BCUT2D eigenvalue weighted by molar-refractivity contribution is 0.0779. The van der Waals surface area contributed by atoms with Crippen LogP contribution in [0.4, 0.5) is 4.79 Å². The lowest BCUT2D eigenvalue weighted by Crippen LogP contribution is -2.48. The number of aromatic nitrogens is 3. The number of hydrogen-bond acceptors (Lipinski definition) is 7. The van der Waals surface area contributed by atoms with E-state index in [0.717, 1.165) is 27.0 Å². The van der Waals surface area contributed by atoms with Gasteiger partial charge >= 0.3 is 6.09 Å². The van der Waals surface area contributed by atoms with Crippen LogP contribution in [0.3, 0.4) is 0 Å². The van der Waals surface area contributed by atoms with Crippen LogP contribution in [0.25, 0.3) is 0 Å². The highest BCUT2D eigenvalue weighted by Crippen LogP contribution is 2.28. The fourth-order valence-electron chi connectivity index (χ4n) is 3.19. The average Bonchev–Trinajstić information content (AvgIpc) is 3.44. The molecule has 0 bridgehead atoms. The van der Waals surface area contributed by atoms with Crippen molar-refractivity contribution in [3.8, 4) is 0 Å². The highest BCUT2D eigenvalue weighted by atomic mass is 35.5. The maximum Gasteiger partial charge on any atom is 0.410 e. The fraction of sp³-hybridized carbons (Fsp3) is 0.300. The van der Waals surface area contributed by atoms with E-state index < -0.39 is 0 Å². The quantitative estimate of drug-likeness (QED) is 0.490. The topological polar surface area (TPSA) is 77.3 Å². The SMILES string of the molecule is C=CCOC(=O)N1CC(c2cc(CCc3ccc(Cl)s3)n(C(=O)c3cscn3)n2)C1. The van der Waals surface area contributed by atoms with Crippen molar-refractivity contribution in [2.24, 2.45) is 0 Å². The van der Waals surface area contributed by atoms with Gasteiger partial charge in [0.15, 0.2) is 0 Å². The number of aryl methyl sites for hydroxylation is 2. The predicted octanol–water partition coefficient (Wildman–Crippen LogP) is 4.25. The molecule has 0 aliphatic carbocycles. The van der Waals surface area contributed by atoms with Gasteiger partial charge in [-0.2, -0.15) is 9.78 Å². The molecule has 0 atom stereocenters. The normalized spacial score (nSPS) is 13.8. The smallest absolute Gasteiger partial charge is 0.410 e. The van der Waals surface area contributed by atoms with Gasteiger partial charge in [0, 0.05) is 35.0 Å². The van der Waals surface area contributed by atoms with E-state index in [0.29, 0.717) is 25.2 Å². The van der Waals surface area contributed by atoms with Crippen LogP contribution >= 0.6 is 34.3 Å². The molecular weight excluding hydrogens is 444 g/mol. The Morgan fingerprint density at radius 2 is 2.17 bits per heavy atom. The molecule has 1 aliphatic heterocycles. The Kier molecular flexibility index (Phi) is 6.31. The van der Waals surface area contributed by atoms with Crippen LogP contribution in [0, 0.1) is 0 Å². The highest BCUT2D eigenvalue weighted by molar-refractivity contribution is 7.16. The van der Waals surface area contributed by atoms with Gasteiger partial charge in [-0.25, -0.2) is 9.78 Å². The van der Waals surface area contributed by atoms with Crippen molar-refractivity contribution < 1.29 is 14.3 Å². The molecule has 0 N–H and O–H groups in total. The van der Waals surface area contributed by atoms with E-state index in [1.165, 1.54) is 33.4 Å². The zero-order valence-electron chi connectivity index (χ0n) is 16.0. The second kappa shape index (κ2) is 9.11. The van der Waals surface area contributed by atoms with Gasteiger partial charge in [-0.1, -0.05) is 24.3 Å². The first-order valence-corrected chi connectivity index (χ1v) is 11.5. The van der Waals surface area contributed by atoms with Gasteiger partial charge < -0.3 is 9.64 Å². The largest absolute Gasteiger partial charge is 0.445 e. The van der Waals surface area contributed by atoms with Crippen LogP contribution in [0.1, 0.15) is 32.7 Å². The summed E-state index contributed by atoms with van der Waals surface area (Å²) in [5.41, 5.74) is 3.62. The third-order valence-corrected chi connectivity index (χ3v) is 6.66. The van der Waals surface area contributed by atoms with E-state index >= 15 is 0 Å². The number of likely N-dealkylation sites (tertiary alicyclic amines) is 1. The molecule has 7 nitrogen and oxygen atoms in total. The lowest BCUT2D eigenvalue weighted by atomic mass is 9.96. The van der Waals surface area contributed by atoms with Gasteiger partial charge in [0.2, 0.25) is 0 Å². The summed E-state index contributed by atoms with van der Waals surface area (Å²) < 4.78 is 7.25. The first-order chi connectivity index (χ1) is 14.5. The molecule has 156 valence electrons. The molecule has 1 fully saturated rings. The standard InChI is InChI=1S/C20H19ClN4O3S2/c1-2-7-28-20(27)24-9-13(10-24)16-8-14(3-4-15-5-6-18(21)30-15)25(23-16)19(26)17-11-29-12-22-17/h2,5-6,8,11-13H,1,3-4,7,9-10H2. The van der Waals surface area contributed by atoms with Gasteiger partial charge in [-0.3, -0.25) is 4.79 Å². The van der Waals surface area contributed by atoms with Crippen molar-refractivity contribution in [2.45, 2.75) is 18.8 Å². The maximum absolute atomic E-state index is 12.9. The van der Waals surface area contributed by atoms with Gasteiger partial charge in [-0.15, -0.1) is 22.7 Å². The molecule has 1 aliphatic rings. The minimum absolute atomic E-state index is 0.0701. The van der Waals surface area contributed by atoms with Crippen molar-refractivity contribution in [3.63, 3.8) is 0 Å². The molecule has 0 unspecified atom stereocenters. The molecule has 1 saturated heterocycles. The van der Waals surface area contributed by atoms with Crippen LogP contribution in [-0.2, 0) is 17.6 Å². The van der Waals surface area contributed by atoms with Gasteiger partial charge in [-0.05, 0) is 31.0 Å². The Morgan fingerprint density at radius 1 is 1.33 bits per heavy atom. The molecule has 3 aromatic heterocycles. The molecule has 0 aromatic carbocycles. The number of carbonyl (C=O) groups is 2. The van der Waals surface area contributed by atoms with E-state index in [9.17, 15) is 9.59 Å². The first-order valence-electron chi connectivity index (χ1n) is 9.33.